The lowest BCUT2D eigenvalue weighted by atomic mass is 10.1. The van der Waals surface area contributed by atoms with Crippen molar-refractivity contribution in [2.45, 2.75) is 18.3 Å². The Morgan fingerprint density at radius 1 is 1.07 bits per heavy atom. The molecular weight excluding hydrogens is 399 g/mol. The van der Waals surface area contributed by atoms with Crippen molar-refractivity contribution >= 4 is 22.8 Å². The van der Waals surface area contributed by atoms with Gasteiger partial charge < -0.3 is 15.0 Å². The molecule has 0 spiro atoms. The fourth-order valence-electron chi connectivity index (χ4n) is 3.10. The monoisotopic (exact) mass is 412 g/mol. The van der Waals surface area contributed by atoms with Gasteiger partial charge >= 0.3 is 18.3 Å². The highest BCUT2D eigenvalue weighted by atomic mass is 19.4. The van der Waals surface area contributed by atoms with Crippen LogP contribution in [0.3, 0.4) is 0 Å². The number of ether oxygens (including phenoxy) is 1. The van der Waals surface area contributed by atoms with Gasteiger partial charge in [0.05, 0.1) is 23.4 Å². The van der Waals surface area contributed by atoms with Crippen molar-refractivity contribution in [1.82, 2.24) is 15.3 Å². The van der Waals surface area contributed by atoms with Gasteiger partial charge in [-0.1, -0.05) is 12.1 Å². The van der Waals surface area contributed by atoms with E-state index in [2.05, 4.69) is 20.0 Å². The zero-order valence-corrected chi connectivity index (χ0v) is 14.5. The smallest absolute Gasteiger partial charge is 0.426 e. The van der Waals surface area contributed by atoms with E-state index < -0.39 is 24.1 Å². The number of fused-ring (bicyclic) bond motifs is 1. The summed E-state index contributed by atoms with van der Waals surface area (Å²) >= 11 is 0. The van der Waals surface area contributed by atoms with Crippen molar-refractivity contribution in [2.75, 3.05) is 11.4 Å². The summed E-state index contributed by atoms with van der Waals surface area (Å²) in [7, 11) is 0. The number of alkyl halides is 5. The molecule has 152 valence electrons. The van der Waals surface area contributed by atoms with Crippen LogP contribution in [0.25, 0.3) is 11.0 Å². The minimum Gasteiger partial charge on any atom is -0.426 e. The third-order valence-corrected chi connectivity index (χ3v) is 4.50. The van der Waals surface area contributed by atoms with Gasteiger partial charge in [0.15, 0.2) is 0 Å². The molecule has 29 heavy (non-hydrogen) atoms. The summed E-state index contributed by atoms with van der Waals surface area (Å²) in [5.74, 6) is -0.640. The van der Waals surface area contributed by atoms with Gasteiger partial charge in [0.2, 0.25) is 0 Å². The van der Waals surface area contributed by atoms with Gasteiger partial charge in [0, 0.05) is 12.2 Å². The standard InChI is InChI=1S/C18H13F5N4O2/c19-17(20,21)18(22,23)29-12-4-1-10(2-5-12)15-8-24-16(28)27(15)11-3-6-13-14(7-11)26-9-25-13/h1-7,9,15H,8H2,(H,24,28)(H,25,26). The molecule has 11 heteroatoms. The van der Waals surface area contributed by atoms with Gasteiger partial charge in [-0.25, -0.2) is 9.78 Å². The first-order valence-electron chi connectivity index (χ1n) is 8.39. The molecule has 2 aromatic carbocycles. The molecule has 1 aliphatic rings. The van der Waals surface area contributed by atoms with Crippen LogP contribution in [0.4, 0.5) is 32.4 Å². The average Bonchev–Trinajstić information content (AvgIpc) is 3.26. The highest BCUT2D eigenvalue weighted by Gasteiger charge is 2.61. The number of nitrogens with one attached hydrogen (secondary N) is 2. The number of anilines is 1. The van der Waals surface area contributed by atoms with Crippen molar-refractivity contribution in [1.29, 1.82) is 0 Å². The Hall–Kier alpha value is -3.37. The number of amides is 2. The van der Waals surface area contributed by atoms with E-state index in [1.807, 2.05) is 0 Å². The van der Waals surface area contributed by atoms with Crippen LogP contribution in [0.1, 0.15) is 11.6 Å². The Balaban J connectivity index is 1.59. The zero-order valence-electron chi connectivity index (χ0n) is 14.5. The van der Waals surface area contributed by atoms with Crippen LogP contribution in [0.2, 0.25) is 0 Å². The number of imidazole rings is 1. The number of H-pyrrole nitrogens is 1. The minimum atomic E-state index is -5.82. The lowest BCUT2D eigenvalue weighted by molar-refractivity contribution is -0.360. The van der Waals surface area contributed by atoms with Crippen molar-refractivity contribution in [3.63, 3.8) is 0 Å². The highest BCUT2D eigenvalue weighted by Crippen LogP contribution is 2.38. The molecule has 0 bridgehead atoms. The number of nitrogens with zero attached hydrogens (tertiary/aromatic N) is 2. The summed E-state index contributed by atoms with van der Waals surface area (Å²) in [6.45, 7) is 0.235. The van der Waals surface area contributed by atoms with E-state index in [0.29, 0.717) is 11.3 Å². The molecule has 0 saturated carbocycles. The number of hydrogen-bond donors (Lipinski definition) is 2. The Labute approximate surface area is 160 Å². The molecule has 0 aliphatic carbocycles. The van der Waals surface area contributed by atoms with E-state index >= 15 is 0 Å². The summed E-state index contributed by atoms with van der Waals surface area (Å²) in [5, 5.41) is 2.69. The maximum absolute atomic E-state index is 13.0. The SMILES string of the molecule is O=C1NCC(c2ccc(OC(F)(F)C(F)(F)F)cc2)N1c1ccc2nc[nH]c2c1. The number of hydrogen-bond acceptors (Lipinski definition) is 3. The summed E-state index contributed by atoms with van der Waals surface area (Å²) in [4.78, 5) is 20.9. The van der Waals surface area contributed by atoms with E-state index in [-0.39, 0.29) is 12.6 Å². The molecule has 1 atom stereocenters. The second kappa shape index (κ2) is 6.61. The number of rotatable bonds is 4. The maximum atomic E-state index is 13.0. The minimum absolute atomic E-state index is 0.235. The van der Waals surface area contributed by atoms with Crippen molar-refractivity contribution in [3.05, 3.63) is 54.4 Å². The molecule has 0 radical (unpaired) electrons. The lowest BCUT2D eigenvalue weighted by Crippen LogP contribution is -2.41. The van der Waals surface area contributed by atoms with Crippen LogP contribution in [-0.2, 0) is 0 Å². The normalized spacial score (nSPS) is 17.6. The van der Waals surface area contributed by atoms with Gasteiger partial charge in [-0.15, -0.1) is 0 Å². The van der Waals surface area contributed by atoms with Crippen LogP contribution >= 0.6 is 0 Å². The first-order chi connectivity index (χ1) is 13.7. The number of carbonyl (C=O) groups is 1. The van der Waals surface area contributed by atoms with E-state index in [9.17, 15) is 26.7 Å². The van der Waals surface area contributed by atoms with Crippen molar-refractivity contribution < 1.29 is 31.5 Å². The number of halogens is 5. The first-order valence-corrected chi connectivity index (χ1v) is 8.39. The van der Waals surface area contributed by atoms with Gasteiger partial charge in [-0.05, 0) is 35.9 Å². The molecule has 3 aromatic rings. The van der Waals surface area contributed by atoms with Crippen LogP contribution in [0.5, 0.6) is 5.75 Å². The van der Waals surface area contributed by atoms with E-state index in [4.69, 9.17) is 0 Å². The van der Waals surface area contributed by atoms with Gasteiger partial charge in [0.1, 0.15) is 5.75 Å². The number of aromatic nitrogens is 2. The predicted octanol–water partition coefficient (Wildman–Crippen LogP) is 4.37. The second-order valence-electron chi connectivity index (χ2n) is 6.36. The van der Waals surface area contributed by atoms with Gasteiger partial charge in [0.25, 0.3) is 0 Å². The number of benzene rings is 2. The second-order valence-corrected chi connectivity index (χ2v) is 6.36. The average molecular weight is 412 g/mol. The Morgan fingerprint density at radius 2 is 1.79 bits per heavy atom. The fourth-order valence-corrected chi connectivity index (χ4v) is 3.10. The molecule has 1 aromatic heterocycles. The molecule has 1 unspecified atom stereocenters. The van der Waals surface area contributed by atoms with E-state index in [0.717, 1.165) is 23.2 Å². The van der Waals surface area contributed by atoms with Crippen LogP contribution in [0, 0.1) is 0 Å². The van der Waals surface area contributed by atoms with Gasteiger partial charge in [-0.2, -0.15) is 22.0 Å². The predicted molar refractivity (Wildman–Crippen MR) is 92.8 cm³/mol. The Morgan fingerprint density at radius 3 is 2.48 bits per heavy atom. The van der Waals surface area contributed by atoms with Crippen LogP contribution in [-0.4, -0.2) is 34.8 Å². The van der Waals surface area contributed by atoms with Crippen LogP contribution in [0.15, 0.2) is 48.8 Å². The summed E-state index contributed by atoms with van der Waals surface area (Å²) in [6.07, 6.45) is -9.61. The third-order valence-electron chi connectivity index (χ3n) is 4.50. The summed E-state index contributed by atoms with van der Waals surface area (Å²) < 4.78 is 66.7. The largest absolute Gasteiger partial charge is 0.499 e. The summed E-state index contributed by atoms with van der Waals surface area (Å²) in [6, 6.07) is 9.03. The van der Waals surface area contributed by atoms with Gasteiger partial charge in [-0.3, -0.25) is 4.90 Å². The third kappa shape index (κ3) is 3.43. The lowest BCUT2D eigenvalue weighted by Gasteiger charge is -2.24. The van der Waals surface area contributed by atoms with Crippen molar-refractivity contribution in [3.8, 4) is 5.75 Å². The molecule has 2 heterocycles. The quantitative estimate of drug-likeness (QED) is 0.626. The Kier molecular flexibility index (Phi) is 4.32. The molecule has 1 aliphatic heterocycles. The molecule has 1 saturated heterocycles. The molecule has 4 rings (SSSR count). The molecule has 2 amide bonds. The van der Waals surface area contributed by atoms with E-state index in [1.54, 1.807) is 18.2 Å². The topological polar surface area (TPSA) is 70.2 Å². The molecular formula is C18H13F5N4O2. The molecule has 6 nitrogen and oxygen atoms in total. The van der Waals surface area contributed by atoms with Crippen molar-refractivity contribution in [2.24, 2.45) is 0 Å². The first kappa shape index (κ1) is 19.0. The fraction of sp³-hybridized carbons (Fsp3) is 0.222. The van der Waals surface area contributed by atoms with E-state index in [1.165, 1.54) is 23.4 Å². The molecule has 1 fully saturated rings. The zero-order chi connectivity index (χ0) is 20.8. The number of aromatic amines is 1. The number of urea groups is 1. The summed E-state index contributed by atoms with van der Waals surface area (Å²) in [5.41, 5.74) is 2.55. The highest BCUT2D eigenvalue weighted by molar-refractivity contribution is 5.97. The Bertz CT molecular complexity index is 1050. The number of carbonyl (C=O) groups excluding carboxylic acids is 1. The van der Waals surface area contributed by atoms with Crippen LogP contribution < -0.4 is 15.0 Å². The molecule has 2 N–H and O–H groups in total. The maximum Gasteiger partial charge on any atom is 0.499 e.